The maximum Gasteiger partial charge on any atom is 0.0596 e. The second-order valence-corrected chi connectivity index (χ2v) is 11.6. The summed E-state index contributed by atoms with van der Waals surface area (Å²) in [7, 11) is 0. The fraction of sp³-hybridized carbons (Fsp3) is 1.00. The standard InChI is InChI=1S/C24H40O/c1-16-9-14-24(17-7-8-17)20-11-13-23(3)19(5-4-6-21(23)25)18(20)10-12-22(24,2)15-16/h16-21,25H,4-15H2,1-3H3/t16-,18?,19?,20?,21?,22+,23-,24?/m0/s1. The number of fused-ring (bicyclic) bond motifs is 5. The monoisotopic (exact) mass is 344 g/mol. The summed E-state index contributed by atoms with van der Waals surface area (Å²) in [6, 6.07) is 0. The Hall–Kier alpha value is -0.0400. The van der Waals surface area contributed by atoms with E-state index in [0.29, 0.717) is 10.8 Å². The lowest BCUT2D eigenvalue weighted by Crippen LogP contribution is -2.61. The van der Waals surface area contributed by atoms with Crippen molar-refractivity contribution in [1.29, 1.82) is 0 Å². The Kier molecular flexibility index (Phi) is 3.75. The molecule has 5 fully saturated rings. The van der Waals surface area contributed by atoms with Crippen LogP contribution in [0.1, 0.15) is 97.8 Å². The molecule has 0 aromatic heterocycles. The smallest absolute Gasteiger partial charge is 0.0596 e. The first kappa shape index (κ1) is 17.1. The van der Waals surface area contributed by atoms with Crippen LogP contribution < -0.4 is 0 Å². The van der Waals surface area contributed by atoms with Crippen molar-refractivity contribution < 1.29 is 5.11 Å². The summed E-state index contributed by atoms with van der Waals surface area (Å²) in [5, 5.41) is 10.9. The lowest BCUT2D eigenvalue weighted by atomic mass is 9.37. The molecule has 0 bridgehead atoms. The summed E-state index contributed by atoms with van der Waals surface area (Å²) in [6.45, 7) is 7.68. The van der Waals surface area contributed by atoms with Crippen molar-refractivity contribution in [3.8, 4) is 0 Å². The van der Waals surface area contributed by atoms with Crippen molar-refractivity contribution in [3.63, 3.8) is 0 Å². The molecule has 0 aliphatic heterocycles. The lowest BCUT2D eigenvalue weighted by Gasteiger charge is -2.68. The van der Waals surface area contributed by atoms with Crippen molar-refractivity contribution in [3.05, 3.63) is 0 Å². The molecule has 25 heavy (non-hydrogen) atoms. The Morgan fingerprint density at radius 1 is 0.800 bits per heavy atom. The highest BCUT2D eigenvalue weighted by atomic mass is 16.3. The third-order valence-corrected chi connectivity index (χ3v) is 10.6. The first-order valence-electron chi connectivity index (χ1n) is 11.6. The fourth-order valence-electron chi connectivity index (χ4n) is 9.40. The van der Waals surface area contributed by atoms with Gasteiger partial charge in [0.25, 0.3) is 0 Å². The molecule has 1 N–H and O–H groups in total. The number of hydrogen-bond donors (Lipinski definition) is 1. The number of aliphatic hydroxyl groups excluding tert-OH is 1. The predicted octanol–water partition coefficient (Wildman–Crippen LogP) is 6.20. The molecular formula is C24H40O. The summed E-state index contributed by atoms with van der Waals surface area (Å²) in [5.74, 6) is 4.72. The van der Waals surface area contributed by atoms with Crippen LogP contribution in [0.4, 0.5) is 0 Å². The van der Waals surface area contributed by atoms with Gasteiger partial charge < -0.3 is 5.11 Å². The van der Waals surface area contributed by atoms with Gasteiger partial charge in [0.05, 0.1) is 6.10 Å². The molecule has 0 aromatic rings. The van der Waals surface area contributed by atoms with E-state index in [-0.39, 0.29) is 11.5 Å². The van der Waals surface area contributed by atoms with Crippen LogP contribution in [0.15, 0.2) is 0 Å². The molecule has 0 radical (unpaired) electrons. The molecule has 5 aliphatic rings. The quantitative estimate of drug-likeness (QED) is 0.600. The Labute approximate surface area is 155 Å². The molecule has 1 heteroatoms. The van der Waals surface area contributed by atoms with Gasteiger partial charge in [-0.3, -0.25) is 0 Å². The third-order valence-electron chi connectivity index (χ3n) is 10.6. The van der Waals surface area contributed by atoms with E-state index in [1.165, 1.54) is 70.6 Å². The third kappa shape index (κ3) is 2.17. The van der Waals surface area contributed by atoms with Gasteiger partial charge in [0.15, 0.2) is 0 Å². The Morgan fingerprint density at radius 3 is 2.36 bits per heavy atom. The molecule has 8 atom stereocenters. The molecule has 0 amide bonds. The zero-order chi connectivity index (χ0) is 17.4. The zero-order valence-electron chi connectivity index (χ0n) is 16.9. The summed E-state index contributed by atoms with van der Waals surface area (Å²) >= 11 is 0. The van der Waals surface area contributed by atoms with E-state index >= 15 is 0 Å². The van der Waals surface area contributed by atoms with Gasteiger partial charge in [0, 0.05) is 0 Å². The van der Waals surface area contributed by atoms with Gasteiger partial charge in [-0.15, -0.1) is 0 Å². The molecule has 142 valence electrons. The van der Waals surface area contributed by atoms with E-state index in [1.54, 1.807) is 0 Å². The highest BCUT2D eigenvalue weighted by Crippen LogP contribution is 2.75. The highest BCUT2D eigenvalue weighted by molar-refractivity contribution is 5.16. The van der Waals surface area contributed by atoms with Gasteiger partial charge >= 0.3 is 0 Å². The molecule has 0 spiro atoms. The summed E-state index contributed by atoms with van der Waals surface area (Å²) in [4.78, 5) is 0. The number of rotatable bonds is 1. The minimum Gasteiger partial charge on any atom is -0.393 e. The van der Waals surface area contributed by atoms with E-state index in [2.05, 4.69) is 20.8 Å². The van der Waals surface area contributed by atoms with E-state index in [1.807, 2.05) is 0 Å². The number of aliphatic hydroxyl groups is 1. The van der Waals surface area contributed by atoms with Gasteiger partial charge in [0.2, 0.25) is 0 Å². The zero-order valence-corrected chi connectivity index (χ0v) is 16.9. The van der Waals surface area contributed by atoms with Crippen molar-refractivity contribution in [2.75, 3.05) is 0 Å². The molecular weight excluding hydrogens is 304 g/mol. The van der Waals surface area contributed by atoms with E-state index in [0.717, 1.165) is 36.0 Å². The first-order valence-corrected chi connectivity index (χ1v) is 11.6. The lowest BCUT2D eigenvalue weighted by molar-refractivity contribution is -0.203. The summed E-state index contributed by atoms with van der Waals surface area (Å²) in [5.41, 5.74) is 1.53. The van der Waals surface area contributed by atoms with Crippen molar-refractivity contribution >= 4 is 0 Å². The average Bonchev–Trinajstić information content (AvgIpc) is 3.40. The van der Waals surface area contributed by atoms with E-state index in [4.69, 9.17) is 0 Å². The highest BCUT2D eigenvalue weighted by Gasteiger charge is 2.67. The average molecular weight is 345 g/mol. The molecule has 5 aliphatic carbocycles. The van der Waals surface area contributed by atoms with Crippen molar-refractivity contribution in [2.24, 2.45) is 45.8 Å². The molecule has 5 rings (SSSR count). The maximum absolute atomic E-state index is 10.9. The normalized spacial score (nSPS) is 58.8. The second-order valence-electron chi connectivity index (χ2n) is 11.6. The van der Waals surface area contributed by atoms with Crippen LogP contribution in [-0.2, 0) is 0 Å². The summed E-state index contributed by atoms with van der Waals surface area (Å²) in [6.07, 6.45) is 17.0. The van der Waals surface area contributed by atoms with Gasteiger partial charge in [-0.2, -0.15) is 0 Å². The largest absolute Gasteiger partial charge is 0.393 e. The first-order chi connectivity index (χ1) is 11.9. The van der Waals surface area contributed by atoms with Crippen LogP contribution >= 0.6 is 0 Å². The van der Waals surface area contributed by atoms with Crippen LogP contribution in [0, 0.1) is 45.8 Å². The Morgan fingerprint density at radius 2 is 1.60 bits per heavy atom. The second kappa shape index (κ2) is 5.49. The molecule has 5 unspecified atom stereocenters. The topological polar surface area (TPSA) is 20.2 Å². The molecule has 5 saturated carbocycles. The van der Waals surface area contributed by atoms with Gasteiger partial charge in [0.1, 0.15) is 0 Å². The van der Waals surface area contributed by atoms with Crippen LogP contribution in [0.25, 0.3) is 0 Å². The fourth-order valence-corrected chi connectivity index (χ4v) is 9.40. The SMILES string of the molecule is C[C@H]1CCC2(C3CC3)C3CC[C@]4(C)C(O)CCCC4C3CC[C@]2(C)C1. The minimum atomic E-state index is -0.0243. The molecule has 0 aromatic carbocycles. The van der Waals surface area contributed by atoms with Crippen LogP contribution in [0.2, 0.25) is 0 Å². The van der Waals surface area contributed by atoms with Crippen molar-refractivity contribution in [2.45, 2.75) is 104 Å². The molecule has 0 heterocycles. The van der Waals surface area contributed by atoms with Gasteiger partial charge in [-0.1, -0.05) is 33.6 Å². The molecule has 1 nitrogen and oxygen atoms in total. The van der Waals surface area contributed by atoms with Crippen LogP contribution in [0.5, 0.6) is 0 Å². The number of hydrogen-bond acceptors (Lipinski definition) is 1. The van der Waals surface area contributed by atoms with Crippen LogP contribution in [-0.4, -0.2) is 11.2 Å². The summed E-state index contributed by atoms with van der Waals surface area (Å²) < 4.78 is 0. The Balaban J connectivity index is 1.53. The Bertz CT molecular complexity index is 538. The molecule has 0 saturated heterocycles. The van der Waals surface area contributed by atoms with E-state index in [9.17, 15) is 5.11 Å². The van der Waals surface area contributed by atoms with Crippen LogP contribution in [0.3, 0.4) is 0 Å². The van der Waals surface area contributed by atoms with Gasteiger partial charge in [-0.25, -0.2) is 0 Å². The van der Waals surface area contributed by atoms with E-state index < -0.39 is 0 Å². The predicted molar refractivity (Wildman–Crippen MR) is 103 cm³/mol. The maximum atomic E-state index is 10.9. The minimum absolute atomic E-state index is 0.0243. The van der Waals surface area contributed by atoms with Crippen molar-refractivity contribution in [1.82, 2.24) is 0 Å². The van der Waals surface area contributed by atoms with Gasteiger partial charge in [-0.05, 0) is 110 Å².